The van der Waals surface area contributed by atoms with Crippen LogP contribution in [-0.4, -0.2) is 41.6 Å². The first kappa shape index (κ1) is 19.1. The molecule has 2 aromatic heterocycles. The van der Waals surface area contributed by atoms with Crippen LogP contribution in [0.25, 0.3) is 22.0 Å². The van der Waals surface area contributed by atoms with E-state index >= 15 is 0 Å². The summed E-state index contributed by atoms with van der Waals surface area (Å²) in [7, 11) is 1.30. The first-order valence-electron chi connectivity index (χ1n) is 9.05. The van der Waals surface area contributed by atoms with Gasteiger partial charge >= 0.3 is 5.97 Å². The Morgan fingerprint density at radius 2 is 2.14 bits per heavy atom. The number of rotatable bonds is 4. The number of benzene rings is 1. The lowest BCUT2D eigenvalue weighted by atomic mass is 10.1. The molecule has 3 aromatic rings. The van der Waals surface area contributed by atoms with Crippen molar-refractivity contribution in [1.82, 2.24) is 9.97 Å². The van der Waals surface area contributed by atoms with E-state index in [-0.39, 0.29) is 12.5 Å². The highest BCUT2D eigenvalue weighted by atomic mass is 32.1. The lowest BCUT2D eigenvalue weighted by Gasteiger charge is -2.32. The fourth-order valence-electron chi connectivity index (χ4n) is 3.28. The highest BCUT2D eigenvalue weighted by molar-refractivity contribution is 7.15. The summed E-state index contributed by atoms with van der Waals surface area (Å²) in [6, 6.07) is 10.5. The third-order valence-electron chi connectivity index (χ3n) is 4.72. The Morgan fingerprint density at radius 3 is 2.86 bits per heavy atom. The average Bonchev–Trinajstić information content (AvgIpc) is 3.14. The smallest absolute Gasteiger partial charge is 0.328 e. The van der Waals surface area contributed by atoms with E-state index in [2.05, 4.69) is 4.98 Å². The van der Waals surface area contributed by atoms with E-state index in [0.717, 1.165) is 26.8 Å². The fraction of sp³-hybridized carbons (Fsp3) is 0.238. The van der Waals surface area contributed by atoms with Crippen molar-refractivity contribution in [3.05, 3.63) is 47.5 Å². The number of aryl methyl sites for hydroxylation is 1. The van der Waals surface area contributed by atoms with Crippen molar-refractivity contribution in [2.45, 2.75) is 19.9 Å². The molecule has 1 aromatic carbocycles. The van der Waals surface area contributed by atoms with Crippen molar-refractivity contribution >= 4 is 28.9 Å². The van der Waals surface area contributed by atoms with Gasteiger partial charge in [-0.25, -0.2) is 9.78 Å². The number of hydrogen-bond donors (Lipinski definition) is 0. The van der Waals surface area contributed by atoms with Gasteiger partial charge in [0.1, 0.15) is 16.8 Å². The lowest BCUT2D eigenvalue weighted by molar-refractivity contribution is -0.143. The summed E-state index contributed by atoms with van der Waals surface area (Å²) >= 11 is 1.56. The number of esters is 1. The Morgan fingerprint density at radius 1 is 1.31 bits per heavy atom. The van der Waals surface area contributed by atoms with Crippen LogP contribution >= 0.6 is 11.3 Å². The predicted molar refractivity (Wildman–Crippen MR) is 110 cm³/mol. The maximum absolute atomic E-state index is 12.5. The van der Waals surface area contributed by atoms with Crippen LogP contribution in [0.5, 0.6) is 5.75 Å². The normalized spacial score (nSPS) is 14.2. The number of methoxy groups -OCH3 is 1. The van der Waals surface area contributed by atoms with Crippen LogP contribution in [0.1, 0.15) is 11.8 Å². The molecule has 0 radical (unpaired) electrons. The molecule has 1 aliphatic rings. The molecule has 29 heavy (non-hydrogen) atoms. The second-order valence-electron chi connectivity index (χ2n) is 6.57. The number of carbonyl (C=O) groups is 2. The number of nitrogens with zero attached hydrogens (tertiary/aromatic N) is 3. The van der Waals surface area contributed by atoms with Gasteiger partial charge in [0.2, 0.25) is 0 Å². The third-order valence-corrected chi connectivity index (χ3v) is 5.72. The highest BCUT2D eigenvalue weighted by Crippen LogP contribution is 2.39. The van der Waals surface area contributed by atoms with Crippen molar-refractivity contribution in [3.63, 3.8) is 0 Å². The van der Waals surface area contributed by atoms with Crippen LogP contribution in [-0.2, 0) is 14.3 Å². The summed E-state index contributed by atoms with van der Waals surface area (Å²) in [4.78, 5) is 36.1. The van der Waals surface area contributed by atoms with Crippen LogP contribution in [0, 0.1) is 6.92 Å². The molecule has 3 heterocycles. The fourth-order valence-corrected chi connectivity index (χ4v) is 4.19. The van der Waals surface area contributed by atoms with Gasteiger partial charge in [-0.1, -0.05) is 6.07 Å². The van der Waals surface area contributed by atoms with Gasteiger partial charge in [-0.05, 0) is 44.2 Å². The molecule has 8 heteroatoms. The zero-order chi connectivity index (χ0) is 20.5. The first-order chi connectivity index (χ1) is 14.0. The second kappa shape index (κ2) is 7.63. The largest absolute Gasteiger partial charge is 0.482 e. The van der Waals surface area contributed by atoms with Gasteiger partial charge in [-0.2, -0.15) is 0 Å². The van der Waals surface area contributed by atoms with E-state index in [9.17, 15) is 9.59 Å². The summed E-state index contributed by atoms with van der Waals surface area (Å²) in [5.41, 5.74) is 2.98. The summed E-state index contributed by atoms with van der Waals surface area (Å²) in [6.45, 7) is 3.52. The molecule has 1 atom stereocenters. The molecule has 1 amide bonds. The number of pyridine rings is 1. The maximum atomic E-state index is 12.5. The Hall–Kier alpha value is -3.26. The highest BCUT2D eigenvalue weighted by Gasteiger charge is 2.34. The quantitative estimate of drug-likeness (QED) is 0.614. The topological polar surface area (TPSA) is 81.6 Å². The Kier molecular flexibility index (Phi) is 5.02. The zero-order valence-electron chi connectivity index (χ0n) is 16.2. The van der Waals surface area contributed by atoms with E-state index in [1.807, 2.05) is 37.3 Å². The minimum atomic E-state index is -0.758. The summed E-state index contributed by atoms with van der Waals surface area (Å²) < 4.78 is 10.4. The molecule has 0 spiro atoms. The summed E-state index contributed by atoms with van der Waals surface area (Å²) in [5, 5.41) is 0.822. The van der Waals surface area contributed by atoms with Gasteiger partial charge < -0.3 is 9.47 Å². The molecule has 148 valence electrons. The van der Waals surface area contributed by atoms with Crippen LogP contribution in [0.4, 0.5) is 5.69 Å². The number of carbonyl (C=O) groups excluding carboxylic acids is 2. The van der Waals surface area contributed by atoms with Gasteiger partial charge in [-0.3, -0.25) is 14.7 Å². The SMILES string of the molecule is COC(=O)C(C)N1C(=O)COc2ccc(-c3nc(-c4ccccn4)sc3C)cc21. The van der Waals surface area contributed by atoms with E-state index in [4.69, 9.17) is 14.5 Å². The van der Waals surface area contributed by atoms with Gasteiger partial charge in [0.15, 0.2) is 6.61 Å². The van der Waals surface area contributed by atoms with Crippen molar-refractivity contribution < 1.29 is 19.1 Å². The summed E-state index contributed by atoms with van der Waals surface area (Å²) in [5.74, 6) is -0.238. The molecule has 0 aliphatic carbocycles. The average molecular weight is 409 g/mol. The van der Waals surface area contributed by atoms with E-state index in [1.165, 1.54) is 12.0 Å². The second-order valence-corrected chi connectivity index (χ2v) is 7.78. The maximum Gasteiger partial charge on any atom is 0.328 e. The van der Waals surface area contributed by atoms with Crippen LogP contribution in [0.3, 0.4) is 0 Å². The number of hydrogen-bond acceptors (Lipinski definition) is 7. The van der Waals surface area contributed by atoms with Gasteiger partial charge in [0.25, 0.3) is 5.91 Å². The monoisotopic (exact) mass is 409 g/mol. The van der Waals surface area contributed by atoms with Gasteiger partial charge in [0.05, 0.1) is 24.2 Å². The van der Waals surface area contributed by atoms with E-state index in [0.29, 0.717) is 11.4 Å². The van der Waals surface area contributed by atoms with Gasteiger partial charge in [-0.15, -0.1) is 11.3 Å². The Labute approximate surface area is 171 Å². The summed E-state index contributed by atoms with van der Waals surface area (Å²) in [6.07, 6.45) is 1.74. The molecule has 0 bridgehead atoms. The third kappa shape index (κ3) is 3.47. The van der Waals surface area contributed by atoms with Crippen LogP contribution in [0.15, 0.2) is 42.6 Å². The number of ether oxygens (including phenoxy) is 2. The zero-order valence-corrected chi connectivity index (χ0v) is 17.0. The molecule has 0 saturated carbocycles. The number of anilines is 1. The minimum absolute atomic E-state index is 0.118. The molecular weight excluding hydrogens is 390 g/mol. The van der Waals surface area contributed by atoms with Gasteiger partial charge in [0, 0.05) is 16.6 Å². The van der Waals surface area contributed by atoms with E-state index in [1.54, 1.807) is 30.5 Å². The number of thiazole rings is 1. The first-order valence-corrected chi connectivity index (χ1v) is 9.87. The molecular formula is C21H19N3O4S. The van der Waals surface area contributed by atoms with Crippen molar-refractivity contribution in [1.29, 1.82) is 0 Å². The molecule has 0 N–H and O–H groups in total. The lowest BCUT2D eigenvalue weighted by Crippen LogP contribution is -2.48. The Bertz CT molecular complexity index is 1080. The number of amides is 1. The molecule has 1 unspecified atom stereocenters. The molecule has 0 saturated heterocycles. The molecule has 1 aliphatic heterocycles. The molecule has 4 rings (SSSR count). The van der Waals surface area contributed by atoms with E-state index < -0.39 is 12.0 Å². The number of aromatic nitrogens is 2. The Balaban J connectivity index is 1.77. The van der Waals surface area contributed by atoms with Crippen LogP contribution in [0.2, 0.25) is 0 Å². The minimum Gasteiger partial charge on any atom is -0.482 e. The molecule has 0 fully saturated rings. The standard InChI is InChI=1S/C21H19N3O4S/c1-12(21(26)27-3)24-16-10-14(7-8-17(16)28-11-18(24)25)19-13(2)29-20(23-19)15-6-4-5-9-22-15/h4-10,12H,11H2,1-3H3. The molecule has 7 nitrogen and oxygen atoms in total. The van der Waals surface area contributed by atoms with Crippen molar-refractivity contribution in [2.24, 2.45) is 0 Å². The van der Waals surface area contributed by atoms with Crippen molar-refractivity contribution in [2.75, 3.05) is 18.6 Å². The predicted octanol–water partition coefficient (Wildman–Crippen LogP) is 3.47. The van der Waals surface area contributed by atoms with Crippen LogP contribution < -0.4 is 9.64 Å². The van der Waals surface area contributed by atoms with Crippen molar-refractivity contribution in [3.8, 4) is 27.7 Å². The number of fused-ring (bicyclic) bond motifs is 1.